The van der Waals surface area contributed by atoms with E-state index in [-0.39, 0.29) is 18.1 Å². The Morgan fingerprint density at radius 1 is 1.21 bits per heavy atom. The van der Waals surface area contributed by atoms with Crippen LogP contribution in [0.3, 0.4) is 0 Å². The van der Waals surface area contributed by atoms with E-state index >= 15 is 0 Å². The average Bonchev–Trinajstić information content (AvgIpc) is 3.08. The van der Waals surface area contributed by atoms with Crippen molar-refractivity contribution in [1.29, 1.82) is 0 Å². The van der Waals surface area contributed by atoms with E-state index in [1.807, 2.05) is 13.8 Å². The predicted octanol–water partition coefficient (Wildman–Crippen LogP) is 3.28. The third kappa shape index (κ3) is 5.08. The number of aromatic nitrogens is 1. The van der Waals surface area contributed by atoms with Crippen LogP contribution in [0.15, 0.2) is 18.2 Å². The molecular weight excluding hydrogens is 394 g/mol. The number of fused-ring (bicyclic) bond motifs is 1. The minimum atomic E-state index is -0.285. The van der Waals surface area contributed by atoms with Gasteiger partial charge in [0.2, 0.25) is 0 Å². The average molecular weight is 420 g/mol. The Balaban J connectivity index is 1.65. The summed E-state index contributed by atoms with van der Waals surface area (Å²) in [6, 6.07) is 4.75. The Labute approximate surface area is 173 Å². The Morgan fingerprint density at radius 3 is 2.69 bits per heavy atom. The number of rotatable bonds is 5. The van der Waals surface area contributed by atoms with Crippen LogP contribution in [0.1, 0.15) is 24.4 Å². The van der Waals surface area contributed by atoms with Gasteiger partial charge in [0.1, 0.15) is 11.5 Å². The van der Waals surface area contributed by atoms with E-state index in [1.165, 1.54) is 11.3 Å². The molecule has 3 N–H and O–H groups in total. The first-order chi connectivity index (χ1) is 13.9. The van der Waals surface area contributed by atoms with Crippen molar-refractivity contribution in [2.75, 3.05) is 31.4 Å². The zero-order valence-corrected chi connectivity index (χ0v) is 17.7. The maximum atomic E-state index is 12.7. The maximum Gasteiger partial charge on any atom is 0.322 e. The lowest BCUT2D eigenvalue weighted by Gasteiger charge is -2.26. The largest absolute Gasteiger partial charge is 0.497 e. The van der Waals surface area contributed by atoms with Crippen molar-refractivity contribution in [3.63, 3.8) is 0 Å². The number of thiazole rings is 1. The third-order valence-corrected chi connectivity index (χ3v) is 5.31. The Hall–Kier alpha value is -3.01. The van der Waals surface area contributed by atoms with Crippen LogP contribution in [0.25, 0.3) is 0 Å². The molecule has 156 valence electrons. The van der Waals surface area contributed by atoms with Gasteiger partial charge in [-0.2, -0.15) is 0 Å². The number of nitrogens with one attached hydrogen (secondary N) is 3. The lowest BCUT2D eigenvalue weighted by Crippen LogP contribution is -2.38. The van der Waals surface area contributed by atoms with E-state index in [2.05, 4.69) is 20.9 Å². The predicted molar refractivity (Wildman–Crippen MR) is 112 cm³/mol. The van der Waals surface area contributed by atoms with Crippen LogP contribution in [0.2, 0.25) is 0 Å². The zero-order chi connectivity index (χ0) is 21.0. The van der Waals surface area contributed by atoms with Crippen LogP contribution in [0, 0.1) is 0 Å². The third-order valence-electron chi connectivity index (χ3n) is 4.31. The SMILES string of the molecule is COc1ccc(NC(=O)N2CCc3nc(NC(=O)NC(C)C)sc3C2)c(OC)c1. The standard InChI is InChI=1S/C19H25N5O4S/c1-11(2)20-17(25)23-18-21-14-7-8-24(10-16(14)29-18)19(26)22-13-6-5-12(27-3)9-15(13)28-4/h5-6,9,11H,7-8,10H2,1-4H3,(H,22,26)(H2,20,21,23,25). The molecule has 4 amide bonds. The summed E-state index contributed by atoms with van der Waals surface area (Å²) in [6.45, 7) is 4.75. The fourth-order valence-corrected chi connectivity index (χ4v) is 3.93. The number of ether oxygens (including phenoxy) is 2. The molecule has 0 bridgehead atoms. The van der Waals surface area contributed by atoms with Crippen molar-refractivity contribution in [2.24, 2.45) is 0 Å². The fourth-order valence-electron chi connectivity index (χ4n) is 2.91. The van der Waals surface area contributed by atoms with E-state index in [4.69, 9.17) is 9.47 Å². The van der Waals surface area contributed by atoms with Gasteiger partial charge in [0, 0.05) is 30.0 Å². The van der Waals surface area contributed by atoms with E-state index in [0.29, 0.717) is 41.8 Å². The molecule has 1 aliphatic rings. The molecule has 0 radical (unpaired) electrons. The molecule has 0 atom stereocenters. The molecule has 1 aliphatic heterocycles. The molecule has 2 heterocycles. The second-order valence-electron chi connectivity index (χ2n) is 6.81. The first-order valence-electron chi connectivity index (χ1n) is 9.23. The summed E-state index contributed by atoms with van der Waals surface area (Å²) in [5.74, 6) is 1.17. The van der Waals surface area contributed by atoms with Gasteiger partial charge in [-0.1, -0.05) is 11.3 Å². The van der Waals surface area contributed by atoms with Crippen LogP contribution in [-0.4, -0.2) is 48.8 Å². The Morgan fingerprint density at radius 2 is 2.00 bits per heavy atom. The van der Waals surface area contributed by atoms with Gasteiger partial charge < -0.3 is 25.0 Å². The van der Waals surface area contributed by atoms with Gasteiger partial charge in [-0.3, -0.25) is 5.32 Å². The quantitative estimate of drug-likeness (QED) is 0.690. The van der Waals surface area contributed by atoms with Gasteiger partial charge >= 0.3 is 12.1 Å². The van der Waals surface area contributed by atoms with E-state index in [0.717, 1.165) is 10.6 Å². The lowest BCUT2D eigenvalue weighted by atomic mass is 10.2. The van der Waals surface area contributed by atoms with Gasteiger partial charge in [-0.25, -0.2) is 14.6 Å². The van der Waals surface area contributed by atoms with Crippen LogP contribution >= 0.6 is 11.3 Å². The molecule has 10 heteroatoms. The summed E-state index contributed by atoms with van der Waals surface area (Å²) in [4.78, 5) is 31.8. The number of hydrogen-bond acceptors (Lipinski definition) is 6. The summed E-state index contributed by atoms with van der Waals surface area (Å²) in [7, 11) is 3.11. The number of amides is 4. The van der Waals surface area contributed by atoms with Crippen molar-refractivity contribution in [3.8, 4) is 11.5 Å². The van der Waals surface area contributed by atoms with E-state index < -0.39 is 0 Å². The molecule has 2 aromatic rings. The van der Waals surface area contributed by atoms with E-state index in [9.17, 15) is 9.59 Å². The summed E-state index contributed by atoms with van der Waals surface area (Å²) in [6.07, 6.45) is 0.631. The molecule has 29 heavy (non-hydrogen) atoms. The Bertz CT molecular complexity index is 899. The molecule has 1 aromatic heterocycles. The number of nitrogens with zero attached hydrogens (tertiary/aromatic N) is 2. The number of anilines is 2. The van der Waals surface area contributed by atoms with Crippen LogP contribution < -0.4 is 25.4 Å². The number of benzene rings is 1. The van der Waals surface area contributed by atoms with Gasteiger partial charge in [0.15, 0.2) is 5.13 Å². The van der Waals surface area contributed by atoms with Crippen LogP contribution in [-0.2, 0) is 13.0 Å². The first-order valence-corrected chi connectivity index (χ1v) is 10.0. The van der Waals surface area contributed by atoms with Gasteiger partial charge in [0.05, 0.1) is 32.1 Å². The first kappa shape index (κ1) is 20.7. The smallest absolute Gasteiger partial charge is 0.322 e. The number of methoxy groups -OCH3 is 2. The highest BCUT2D eigenvalue weighted by Crippen LogP contribution is 2.31. The minimum absolute atomic E-state index is 0.0405. The molecule has 0 saturated carbocycles. The molecule has 0 saturated heterocycles. The van der Waals surface area contributed by atoms with Crippen LogP contribution in [0.4, 0.5) is 20.4 Å². The summed E-state index contributed by atoms with van der Waals surface area (Å²) in [5, 5.41) is 8.94. The van der Waals surface area contributed by atoms with Crippen molar-refractivity contribution in [3.05, 3.63) is 28.8 Å². The molecule has 0 spiro atoms. The summed E-state index contributed by atoms with van der Waals surface area (Å²) in [5.41, 5.74) is 1.49. The van der Waals surface area contributed by atoms with Crippen molar-refractivity contribution >= 4 is 34.2 Å². The zero-order valence-electron chi connectivity index (χ0n) is 16.9. The van der Waals surface area contributed by atoms with E-state index in [1.54, 1.807) is 37.3 Å². The highest BCUT2D eigenvalue weighted by Gasteiger charge is 2.25. The molecule has 1 aromatic carbocycles. The van der Waals surface area contributed by atoms with Crippen LogP contribution in [0.5, 0.6) is 11.5 Å². The number of carbonyl (C=O) groups is 2. The van der Waals surface area contributed by atoms with Gasteiger partial charge in [-0.05, 0) is 26.0 Å². The molecule has 0 fully saturated rings. The van der Waals surface area contributed by atoms with Gasteiger partial charge in [0.25, 0.3) is 0 Å². The fraction of sp³-hybridized carbons (Fsp3) is 0.421. The topological polar surface area (TPSA) is 105 Å². The molecular formula is C19H25N5O4S. The molecule has 0 unspecified atom stereocenters. The van der Waals surface area contributed by atoms with Crippen molar-refractivity contribution in [1.82, 2.24) is 15.2 Å². The normalized spacial score (nSPS) is 12.9. The molecule has 0 aliphatic carbocycles. The molecule has 9 nitrogen and oxygen atoms in total. The maximum absolute atomic E-state index is 12.7. The summed E-state index contributed by atoms with van der Waals surface area (Å²) >= 11 is 1.38. The Kier molecular flexibility index (Phi) is 6.42. The van der Waals surface area contributed by atoms with Crippen molar-refractivity contribution < 1.29 is 19.1 Å². The summed E-state index contributed by atoms with van der Waals surface area (Å²) < 4.78 is 10.5. The minimum Gasteiger partial charge on any atom is -0.497 e. The highest BCUT2D eigenvalue weighted by atomic mass is 32.1. The van der Waals surface area contributed by atoms with Crippen molar-refractivity contribution in [2.45, 2.75) is 32.9 Å². The number of carbonyl (C=O) groups excluding carboxylic acids is 2. The lowest BCUT2D eigenvalue weighted by molar-refractivity contribution is 0.206. The highest BCUT2D eigenvalue weighted by molar-refractivity contribution is 7.15. The second-order valence-corrected chi connectivity index (χ2v) is 7.89. The van der Waals surface area contributed by atoms with Gasteiger partial charge in [-0.15, -0.1) is 0 Å². The monoisotopic (exact) mass is 419 g/mol. The number of urea groups is 2. The molecule has 3 rings (SSSR count). The second kappa shape index (κ2) is 8.99. The number of hydrogen-bond donors (Lipinski definition) is 3.